The normalized spacial score (nSPS) is 12.8. The van der Waals surface area contributed by atoms with Crippen LogP contribution in [0.2, 0.25) is 0 Å². The summed E-state index contributed by atoms with van der Waals surface area (Å²) in [6.07, 6.45) is 2.52. The van der Waals surface area contributed by atoms with Crippen LogP contribution in [0.3, 0.4) is 0 Å². The van der Waals surface area contributed by atoms with Crippen molar-refractivity contribution in [2.75, 3.05) is 0 Å². The molecule has 4 heterocycles. The topological polar surface area (TPSA) is 52.1 Å². The molecule has 0 amide bonds. The highest BCUT2D eigenvalue weighted by Crippen LogP contribution is 2.43. The minimum absolute atomic E-state index is 0.0177. The number of thiophene rings is 1. The summed E-state index contributed by atoms with van der Waals surface area (Å²) < 4.78 is 13.9. The number of rotatable bonds is 3. The van der Waals surface area contributed by atoms with Crippen LogP contribution in [0.25, 0.3) is 54.4 Å². The first kappa shape index (κ1) is 21.4. The van der Waals surface area contributed by atoms with E-state index < -0.39 is 0 Å². The van der Waals surface area contributed by atoms with Gasteiger partial charge in [-0.2, -0.15) is 0 Å². The lowest BCUT2D eigenvalue weighted by Crippen LogP contribution is -2.11. The Hall–Kier alpha value is -3.18. The SMILES string of the molecule is Cc1c(CC(C)C)oc2ccc3oc4ncnc(-c5cc(C(C)(C)C)c6sccc6c5)c4c3c12. The van der Waals surface area contributed by atoms with Gasteiger partial charge >= 0.3 is 0 Å². The summed E-state index contributed by atoms with van der Waals surface area (Å²) in [5, 5.41) is 6.52. The number of nitrogens with zero attached hydrogens (tertiary/aromatic N) is 2. The van der Waals surface area contributed by atoms with Gasteiger partial charge in [-0.05, 0) is 70.5 Å². The summed E-state index contributed by atoms with van der Waals surface area (Å²) in [6, 6.07) is 10.7. The molecule has 0 unspecified atom stereocenters. The monoisotopic (exact) mass is 468 g/mol. The van der Waals surface area contributed by atoms with E-state index in [2.05, 4.69) is 70.1 Å². The Bertz CT molecular complexity index is 1710. The van der Waals surface area contributed by atoms with Crippen molar-refractivity contribution in [3.05, 3.63) is 58.9 Å². The van der Waals surface area contributed by atoms with Gasteiger partial charge in [0.05, 0.1) is 11.1 Å². The van der Waals surface area contributed by atoms with Gasteiger partial charge in [0.1, 0.15) is 23.3 Å². The third kappa shape index (κ3) is 3.17. The molecule has 6 aromatic rings. The quantitative estimate of drug-likeness (QED) is 0.260. The zero-order valence-electron chi connectivity index (χ0n) is 20.4. The molecule has 0 aliphatic rings. The molecule has 0 spiro atoms. The highest BCUT2D eigenvalue weighted by Gasteiger charge is 2.24. The maximum absolute atomic E-state index is 6.31. The second kappa shape index (κ2) is 7.41. The predicted molar refractivity (Wildman–Crippen MR) is 142 cm³/mol. The van der Waals surface area contributed by atoms with Crippen LogP contribution < -0.4 is 0 Å². The molecule has 0 saturated heterocycles. The predicted octanol–water partition coefficient (Wildman–Crippen LogP) is 8.81. The molecule has 0 saturated carbocycles. The van der Waals surface area contributed by atoms with Crippen LogP contribution in [-0.4, -0.2) is 9.97 Å². The van der Waals surface area contributed by atoms with Crippen LogP contribution >= 0.6 is 11.3 Å². The molecular weight excluding hydrogens is 440 g/mol. The fraction of sp³-hybridized carbons (Fsp3) is 0.310. The maximum atomic E-state index is 6.31. The molecule has 172 valence electrons. The molecule has 0 atom stereocenters. The Morgan fingerprint density at radius 2 is 1.71 bits per heavy atom. The van der Waals surface area contributed by atoms with Crippen molar-refractivity contribution in [3.8, 4) is 11.3 Å². The largest absolute Gasteiger partial charge is 0.461 e. The van der Waals surface area contributed by atoms with Crippen molar-refractivity contribution in [3.63, 3.8) is 0 Å². The zero-order valence-corrected chi connectivity index (χ0v) is 21.3. The summed E-state index contributed by atoms with van der Waals surface area (Å²) in [6.45, 7) is 13.4. The lowest BCUT2D eigenvalue weighted by molar-refractivity contribution is 0.496. The first-order chi connectivity index (χ1) is 16.2. The highest BCUT2D eigenvalue weighted by atomic mass is 32.1. The average molecular weight is 469 g/mol. The average Bonchev–Trinajstić information content (AvgIpc) is 3.47. The first-order valence-corrected chi connectivity index (χ1v) is 12.7. The van der Waals surface area contributed by atoms with E-state index in [4.69, 9.17) is 13.8 Å². The van der Waals surface area contributed by atoms with E-state index in [0.717, 1.165) is 50.8 Å². The van der Waals surface area contributed by atoms with Crippen LogP contribution in [0.5, 0.6) is 0 Å². The fourth-order valence-electron chi connectivity index (χ4n) is 5.04. The summed E-state index contributed by atoms with van der Waals surface area (Å²) in [4.78, 5) is 9.32. The summed E-state index contributed by atoms with van der Waals surface area (Å²) in [5.74, 6) is 1.56. The molecule has 6 rings (SSSR count). The van der Waals surface area contributed by atoms with E-state index in [1.807, 2.05) is 12.1 Å². The Kier molecular flexibility index (Phi) is 4.65. The maximum Gasteiger partial charge on any atom is 0.231 e. The van der Waals surface area contributed by atoms with E-state index in [1.165, 1.54) is 21.2 Å². The van der Waals surface area contributed by atoms with Crippen LogP contribution in [0.4, 0.5) is 0 Å². The molecule has 0 bridgehead atoms. The molecule has 0 radical (unpaired) electrons. The molecule has 0 N–H and O–H groups in total. The Labute approximate surface area is 202 Å². The molecular formula is C29H28N2O2S. The van der Waals surface area contributed by atoms with Gasteiger partial charge in [-0.3, -0.25) is 0 Å². The number of furan rings is 2. The van der Waals surface area contributed by atoms with Crippen molar-refractivity contribution < 1.29 is 8.83 Å². The summed E-state index contributed by atoms with van der Waals surface area (Å²) in [7, 11) is 0. The van der Waals surface area contributed by atoms with Gasteiger partial charge in [0.2, 0.25) is 5.71 Å². The van der Waals surface area contributed by atoms with Crippen LogP contribution in [0.15, 0.2) is 50.9 Å². The highest BCUT2D eigenvalue weighted by molar-refractivity contribution is 7.17. The number of aryl methyl sites for hydroxylation is 1. The van der Waals surface area contributed by atoms with Crippen molar-refractivity contribution >= 4 is 54.5 Å². The minimum atomic E-state index is 0.0177. The van der Waals surface area contributed by atoms with E-state index in [-0.39, 0.29) is 5.41 Å². The second-order valence-electron chi connectivity index (χ2n) is 10.7. The third-order valence-corrected chi connectivity index (χ3v) is 7.61. The van der Waals surface area contributed by atoms with Gasteiger partial charge in [-0.15, -0.1) is 11.3 Å². The minimum Gasteiger partial charge on any atom is -0.461 e. The van der Waals surface area contributed by atoms with Gasteiger partial charge in [-0.1, -0.05) is 34.6 Å². The smallest absolute Gasteiger partial charge is 0.231 e. The van der Waals surface area contributed by atoms with E-state index >= 15 is 0 Å². The molecule has 2 aromatic carbocycles. The van der Waals surface area contributed by atoms with Gasteiger partial charge in [0, 0.05) is 27.5 Å². The molecule has 4 nitrogen and oxygen atoms in total. The number of aromatic nitrogens is 2. The zero-order chi connectivity index (χ0) is 23.8. The van der Waals surface area contributed by atoms with Crippen LogP contribution in [-0.2, 0) is 11.8 Å². The molecule has 0 aliphatic heterocycles. The van der Waals surface area contributed by atoms with Crippen LogP contribution in [0, 0.1) is 12.8 Å². The van der Waals surface area contributed by atoms with Gasteiger partial charge < -0.3 is 8.83 Å². The Morgan fingerprint density at radius 1 is 0.941 bits per heavy atom. The second-order valence-corrected chi connectivity index (χ2v) is 11.6. The number of hydrogen-bond acceptors (Lipinski definition) is 5. The van der Waals surface area contributed by atoms with Gasteiger partial charge in [-0.25, -0.2) is 9.97 Å². The molecule has 0 aliphatic carbocycles. The van der Waals surface area contributed by atoms with Gasteiger partial charge in [0.25, 0.3) is 0 Å². The summed E-state index contributed by atoms with van der Waals surface area (Å²) in [5.41, 5.74) is 6.84. The van der Waals surface area contributed by atoms with Crippen molar-refractivity contribution in [1.82, 2.24) is 9.97 Å². The van der Waals surface area contributed by atoms with E-state index in [0.29, 0.717) is 11.6 Å². The lowest BCUT2D eigenvalue weighted by Gasteiger charge is -2.21. The third-order valence-electron chi connectivity index (χ3n) is 6.65. The Balaban J connectivity index is 1.72. The van der Waals surface area contributed by atoms with Crippen molar-refractivity contribution in [2.24, 2.45) is 5.92 Å². The summed E-state index contributed by atoms with van der Waals surface area (Å²) >= 11 is 1.80. The number of fused-ring (bicyclic) bond motifs is 6. The molecule has 5 heteroatoms. The molecule has 34 heavy (non-hydrogen) atoms. The van der Waals surface area contributed by atoms with E-state index in [1.54, 1.807) is 17.7 Å². The number of benzene rings is 2. The van der Waals surface area contributed by atoms with Gasteiger partial charge in [0.15, 0.2) is 0 Å². The van der Waals surface area contributed by atoms with E-state index in [9.17, 15) is 0 Å². The standard InChI is InChI=1S/C29H28N2O2S/c1-15(2)11-22-16(3)23-20(32-22)7-8-21-24(23)25-26(30-14-31-28(25)33-21)18-12-17-9-10-34-27(17)19(13-18)29(4,5)6/h7-10,12-15H,11H2,1-6H3. The fourth-order valence-corrected chi connectivity index (χ4v) is 6.15. The van der Waals surface area contributed by atoms with Crippen molar-refractivity contribution in [1.29, 1.82) is 0 Å². The Morgan fingerprint density at radius 3 is 2.44 bits per heavy atom. The molecule has 0 fully saturated rings. The first-order valence-electron chi connectivity index (χ1n) is 11.8. The van der Waals surface area contributed by atoms with Crippen LogP contribution in [0.1, 0.15) is 51.5 Å². The molecule has 4 aromatic heterocycles. The number of hydrogen-bond donors (Lipinski definition) is 0. The van der Waals surface area contributed by atoms with Crippen molar-refractivity contribution in [2.45, 2.75) is 53.4 Å². The lowest BCUT2D eigenvalue weighted by atomic mass is 9.85.